The van der Waals surface area contributed by atoms with Gasteiger partial charge < -0.3 is 19.0 Å². The Hall–Kier alpha value is -2.95. The Morgan fingerprint density at radius 1 is 1.27 bits per heavy atom. The quantitative estimate of drug-likeness (QED) is 0.463. The number of pyridine rings is 1. The first-order valence-electron chi connectivity index (χ1n) is 9.26. The van der Waals surface area contributed by atoms with E-state index in [1.807, 2.05) is 42.9 Å². The number of hydrogen-bond donors (Lipinski definition) is 2. The molecule has 30 heavy (non-hydrogen) atoms. The topological polar surface area (TPSA) is 110 Å². The number of aromatic amines is 2. The summed E-state index contributed by atoms with van der Waals surface area (Å²) in [6.07, 6.45) is 3.55. The second-order valence-corrected chi connectivity index (χ2v) is 7.52. The molecule has 0 unspecified atom stereocenters. The molecule has 10 nitrogen and oxygen atoms in total. The van der Waals surface area contributed by atoms with E-state index in [-0.39, 0.29) is 6.04 Å². The zero-order valence-electron chi connectivity index (χ0n) is 17.4. The van der Waals surface area contributed by atoms with E-state index in [2.05, 4.69) is 30.4 Å². The minimum absolute atomic E-state index is 0.0593. The summed E-state index contributed by atoms with van der Waals surface area (Å²) in [5, 5.41) is 16.2. The van der Waals surface area contributed by atoms with Crippen LogP contribution in [0, 0.1) is 0 Å². The lowest BCUT2D eigenvalue weighted by Crippen LogP contribution is -2.25. The molecule has 0 aliphatic carbocycles. The lowest BCUT2D eigenvalue weighted by atomic mass is 10.1. The smallest absolute Gasteiger partial charge is 0.233 e. The van der Waals surface area contributed by atoms with Crippen LogP contribution in [0.3, 0.4) is 0 Å². The Kier molecular flexibility index (Phi) is 5.46. The van der Waals surface area contributed by atoms with Crippen LogP contribution in [-0.2, 0) is 11.8 Å². The van der Waals surface area contributed by atoms with Crippen LogP contribution in [0.4, 0.5) is 0 Å². The zero-order valence-corrected chi connectivity index (χ0v) is 18.2. The maximum absolute atomic E-state index is 6.35. The van der Waals surface area contributed by atoms with Crippen LogP contribution in [0.2, 0.25) is 5.02 Å². The van der Waals surface area contributed by atoms with Crippen molar-refractivity contribution in [2.75, 3.05) is 34.9 Å². The Labute approximate surface area is 178 Å². The number of fused-ring (bicyclic) bond motifs is 1. The number of hydrogen-bond acceptors (Lipinski definition) is 7. The minimum Gasteiger partial charge on any atom is -0.480 e. The summed E-state index contributed by atoms with van der Waals surface area (Å²) in [6, 6.07) is 1.77. The van der Waals surface area contributed by atoms with Crippen LogP contribution < -0.4 is 4.74 Å². The lowest BCUT2D eigenvalue weighted by molar-refractivity contribution is 0.116. The van der Waals surface area contributed by atoms with Gasteiger partial charge in [-0.15, -0.1) is 10.2 Å². The monoisotopic (exact) mass is 430 g/mol. The van der Waals surface area contributed by atoms with Crippen molar-refractivity contribution >= 4 is 22.6 Å². The van der Waals surface area contributed by atoms with Crippen molar-refractivity contribution in [3.05, 3.63) is 29.3 Å². The summed E-state index contributed by atoms with van der Waals surface area (Å²) >= 11 is 6.35. The molecule has 0 aromatic carbocycles. The van der Waals surface area contributed by atoms with Gasteiger partial charge in [0.25, 0.3) is 0 Å². The fourth-order valence-electron chi connectivity index (χ4n) is 3.55. The average molecular weight is 431 g/mol. The van der Waals surface area contributed by atoms with Gasteiger partial charge in [-0.1, -0.05) is 11.6 Å². The third-order valence-electron chi connectivity index (χ3n) is 5.07. The molecule has 0 saturated heterocycles. The molecule has 0 aliphatic rings. The van der Waals surface area contributed by atoms with E-state index < -0.39 is 0 Å². The number of rotatable bonds is 7. The van der Waals surface area contributed by atoms with Crippen molar-refractivity contribution in [3.8, 4) is 28.5 Å². The summed E-state index contributed by atoms with van der Waals surface area (Å²) in [6.45, 7) is 0.486. The number of halogens is 1. The Morgan fingerprint density at radius 2 is 2.07 bits per heavy atom. The molecule has 1 atom stereocenters. The predicted octanol–water partition coefficient (Wildman–Crippen LogP) is 2.66. The van der Waals surface area contributed by atoms with E-state index in [0.29, 0.717) is 29.2 Å². The minimum atomic E-state index is -0.0593. The van der Waals surface area contributed by atoms with E-state index in [9.17, 15) is 0 Å². The van der Waals surface area contributed by atoms with Crippen LogP contribution in [0.25, 0.3) is 33.7 Å². The van der Waals surface area contributed by atoms with Crippen LogP contribution in [0.1, 0.15) is 11.9 Å². The standard InChI is InChI=1S/C19H23ClN8O2/c1-27(2)13(9-29-4)17-24-18(26-25-17)16-14(10-7-21-22-8-10)15-12(28(16)3)6-11(20)19(23-15)30-5/h6-8,13H,9H2,1-5H3,(H,21,22)(H,24,25,26)/t13-/m1/s1. The zero-order chi connectivity index (χ0) is 21.4. The number of nitrogens with zero attached hydrogens (tertiary/aromatic N) is 6. The summed E-state index contributed by atoms with van der Waals surface area (Å²) < 4.78 is 12.7. The molecular weight excluding hydrogens is 408 g/mol. The van der Waals surface area contributed by atoms with E-state index in [4.69, 9.17) is 21.1 Å². The van der Waals surface area contributed by atoms with E-state index in [1.54, 1.807) is 20.4 Å². The van der Waals surface area contributed by atoms with Crippen molar-refractivity contribution in [1.82, 2.24) is 39.8 Å². The fraction of sp³-hybridized carbons (Fsp3) is 0.368. The van der Waals surface area contributed by atoms with Crippen molar-refractivity contribution in [1.29, 1.82) is 0 Å². The average Bonchev–Trinajstić information content (AvgIpc) is 3.45. The Bertz CT molecular complexity index is 1170. The van der Waals surface area contributed by atoms with Crippen LogP contribution in [0.5, 0.6) is 5.88 Å². The van der Waals surface area contributed by atoms with Gasteiger partial charge in [0.1, 0.15) is 16.4 Å². The SMILES string of the molecule is COC[C@H](c1nnc(-c2c(-c3cn[nH]c3)c3nc(OC)c(Cl)cc3n2C)[nH]1)N(C)C. The molecule has 158 valence electrons. The van der Waals surface area contributed by atoms with Crippen LogP contribution in [-0.4, -0.2) is 74.8 Å². The van der Waals surface area contributed by atoms with Crippen molar-refractivity contribution in [2.24, 2.45) is 7.05 Å². The Balaban J connectivity index is 1.95. The molecule has 4 heterocycles. The number of likely N-dealkylation sites (N-methyl/N-ethyl adjacent to an activating group) is 1. The summed E-state index contributed by atoms with van der Waals surface area (Å²) in [4.78, 5) is 10.0. The van der Waals surface area contributed by atoms with E-state index in [0.717, 1.165) is 27.9 Å². The lowest BCUT2D eigenvalue weighted by Gasteiger charge is -2.20. The molecule has 0 bridgehead atoms. The Morgan fingerprint density at radius 3 is 2.70 bits per heavy atom. The molecule has 2 N–H and O–H groups in total. The maximum atomic E-state index is 6.35. The molecule has 4 aromatic heterocycles. The maximum Gasteiger partial charge on any atom is 0.233 e. The fourth-order valence-corrected chi connectivity index (χ4v) is 3.77. The second-order valence-electron chi connectivity index (χ2n) is 7.11. The molecule has 0 fully saturated rings. The third-order valence-corrected chi connectivity index (χ3v) is 5.34. The molecule has 0 aliphatic heterocycles. The number of aromatic nitrogens is 7. The highest BCUT2D eigenvalue weighted by atomic mass is 35.5. The second kappa shape index (κ2) is 8.05. The molecular formula is C19H23ClN8O2. The van der Waals surface area contributed by atoms with E-state index in [1.165, 1.54) is 0 Å². The molecule has 0 amide bonds. The van der Waals surface area contributed by atoms with Crippen molar-refractivity contribution < 1.29 is 9.47 Å². The van der Waals surface area contributed by atoms with Gasteiger partial charge in [-0.25, -0.2) is 4.98 Å². The van der Waals surface area contributed by atoms with Gasteiger partial charge in [0.05, 0.1) is 37.2 Å². The number of H-pyrrole nitrogens is 2. The van der Waals surface area contributed by atoms with Gasteiger partial charge in [-0.3, -0.25) is 10.00 Å². The van der Waals surface area contributed by atoms with Gasteiger partial charge in [0.2, 0.25) is 5.88 Å². The first kappa shape index (κ1) is 20.3. The van der Waals surface area contributed by atoms with Gasteiger partial charge >= 0.3 is 0 Å². The predicted molar refractivity (Wildman–Crippen MR) is 114 cm³/mol. The van der Waals surface area contributed by atoms with Crippen molar-refractivity contribution in [3.63, 3.8) is 0 Å². The highest BCUT2D eigenvalue weighted by molar-refractivity contribution is 6.32. The molecule has 0 spiro atoms. The number of methoxy groups -OCH3 is 2. The van der Waals surface area contributed by atoms with Crippen LogP contribution in [0.15, 0.2) is 18.5 Å². The first-order chi connectivity index (χ1) is 14.5. The highest BCUT2D eigenvalue weighted by Crippen LogP contribution is 2.40. The third kappa shape index (κ3) is 3.32. The summed E-state index contributed by atoms with van der Waals surface area (Å²) in [5.41, 5.74) is 4.11. The molecule has 4 aromatic rings. The largest absolute Gasteiger partial charge is 0.480 e. The van der Waals surface area contributed by atoms with E-state index >= 15 is 0 Å². The van der Waals surface area contributed by atoms with Crippen molar-refractivity contribution in [2.45, 2.75) is 6.04 Å². The highest BCUT2D eigenvalue weighted by Gasteiger charge is 2.26. The molecule has 4 rings (SSSR count). The molecule has 11 heteroatoms. The van der Waals surface area contributed by atoms with Crippen LogP contribution >= 0.6 is 11.6 Å². The summed E-state index contributed by atoms with van der Waals surface area (Å²) in [5.74, 6) is 1.68. The summed E-state index contributed by atoms with van der Waals surface area (Å²) in [7, 11) is 9.08. The van der Waals surface area contributed by atoms with Gasteiger partial charge in [-0.2, -0.15) is 5.10 Å². The number of aryl methyl sites for hydroxylation is 1. The van der Waals surface area contributed by atoms with Gasteiger partial charge in [0.15, 0.2) is 5.82 Å². The molecule has 0 radical (unpaired) electrons. The number of ether oxygens (including phenoxy) is 2. The van der Waals surface area contributed by atoms with Gasteiger partial charge in [-0.05, 0) is 20.2 Å². The normalized spacial score (nSPS) is 12.8. The first-order valence-corrected chi connectivity index (χ1v) is 9.64. The number of nitrogens with one attached hydrogen (secondary N) is 2. The molecule has 0 saturated carbocycles. The van der Waals surface area contributed by atoms with Gasteiger partial charge in [0, 0.05) is 31.5 Å².